The van der Waals surface area contributed by atoms with Crippen LogP contribution in [0.4, 0.5) is 0 Å². The molecule has 1 aromatic carbocycles. The van der Waals surface area contributed by atoms with Crippen LogP contribution in [-0.2, 0) is 19.6 Å². The number of benzene rings is 1. The van der Waals surface area contributed by atoms with Crippen molar-refractivity contribution in [3.8, 4) is 0 Å². The fourth-order valence-corrected chi connectivity index (χ4v) is 2.73. The fourth-order valence-electron chi connectivity index (χ4n) is 2.32. The number of hydrogen-bond acceptors (Lipinski definition) is 2. The molecule has 0 atom stereocenters. The highest BCUT2D eigenvalue weighted by Gasteiger charge is 2.18. The van der Waals surface area contributed by atoms with E-state index in [0.717, 1.165) is 24.1 Å². The predicted molar refractivity (Wildman–Crippen MR) is 71.3 cm³/mol. The van der Waals surface area contributed by atoms with Gasteiger partial charge in [-0.15, -0.1) is 0 Å². The second kappa shape index (κ2) is 4.59. The van der Waals surface area contributed by atoms with Crippen LogP contribution in [-0.4, -0.2) is 9.88 Å². The van der Waals surface area contributed by atoms with Gasteiger partial charge in [0.25, 0.3) is 0 Å². The molecule has 0 aliphatic carbocycles. The van der Waals surface area contributed by atoms with Gasteiger partial charge in [-0.05, 0) is 38.7 Å². The average Bonchev–Trinajstić information content (AvgIpc) is 2.71. The predicted octanol–water partition coefficient (Wildman–Crippen LogP) is 3.36. The molecular weight excluding hydrogens is 276 g/mol. The summed E-state index contributed by atoms with van der Waals surface area (Å²) in [6.45, 7) is 3.05. The van der Waals surface area contributed by atoms with Crippen molar-refractivity contribution in [3.63, 3.8) is 0 Å². The maximum Gasteiger partial charge on any atom is 0.0410 e. The van der Waals surface area contributed by atoms with E-state index in [2.05, 4.69) is 56.1 Å². The Labute approximate surface area is 109 Å². The van der Waals surface area contributed by atoms with Crippen molar-refractivity contribution < 1.29 is 0 Å². The molecule has 0 bridgehead atoms. The van der Waals surface area contributed by atoms with Gasteiger partial charge in [0.15, 0.2) is 0 Å². The van der Waals surface area contributed by atoms with Crippen LogP contribution >= 0.6 is 15.9 Å². The van der Waals surface area contributed by atoms with Crippen LogP contribution < -0.4 is 0 Å². The van der Waals surface area contributed by atoms with Crippen LogP contribution in [0.3, 0.4) is 0 Å². The van der Waals surface area contributed by atoms with Crippen LogP contribution in [0.25, 0.3) is 0 Å². The minimum atomic E-state index is 0.959. The van der Waals surface area contributed by atoms with Gasteiger partial charge in [0, 0.05) is 36.5 Å². The highest BCUT2D eigenvalue weighted by atomic mass is 79.9. The van der Waals surface area contributed by atoms with Crippen LogP contribution in [0.2, 0.25) is 0 Å². The van der Waals surface area contributed by atoms with E-state index in [1.807, 2.05) is 12.4 Å². The Kier molecular flexibility index (Phi) is 2.95. The molecule has 0 radical (unpaired) electrons. The quantitative estimate of drug-likeness (QED) is 0.842. The summed E-state index contributed by atoms with van der Waals surface area (Å²) >= 11 is 3.46. The molecule has 0 N–H and O–H groups in total. The third-order valence-electron chi connectivity index (χ3n) is 3.07. The standard InChI is InChI=1S/C14H13BrN2/c15-14-5-11(6-16-7-14)8-17-9-12-3-1-2-4-13(12)10-17/h1-7H,8-10H2. The first-order valence-electron chi connectivity index (χ1n) is 5.70. The normalized spacial score (nSPS) is 14.9. The number of fused-ring (bicyclic) bond motifs is 1. The van der Waals surface area contributed by atoms with Crippen LogP contribution in [0.15, 0.2) is 47.2 Å². The first-order valence-corrected chi connectivity index (χ1v) is 6.49. The first-order chi connectivity index (χ1) is 8.31. The van der Waals surface area contributed by atoms with Crippen molar-refractivity contribution in [2.24, 2.45) is 0 Å². The van der Waals surface area contributed by atoms with Crippen molar-refractivity contribution >= 4 is 15.9 Å². The van der Waals surface area contributed by atoms with Crippen molar-refractivity contribution in [2.75, 3.05) is 0 Å². The summed E-state index contributed by atoms with van der Waals surface area (Å²) in [6, 6.07) is 10.8. The molecule has 2 heterocycles. The fraction of sp³-hybridized carbons (Fsp3) is 0.214. The smallest absolute Gasteiger partial charge is 0.0410 e. The molecule has 1 aliphatic rings. The summed E-state index contributed by atoms with van der Waals surface area (Å²) < 4.78 is 1.05. The molecule has 2 nitrogen and oxygen atoms in total. The molecule has 1 aliphatic heterocycles. The van der Waals surface area contributed by atoms with E-state index in [0.29, 0.717) is 0 Å². The van der Waals surface area contributed by atoms with Gasteiger partial charge in [-0.25, -0.2) is 0 Å². The zero-order valence-corrected chi connectivity index (χ0v) is 11.0. The third kappa shape index (κ3) is 2.40. The monoisotopic (exact) mass is 288 g/mol. The Bertz CT molecular complexity index is 514. The van der Waals surface area contributed by atoms with Crippen molar-refractivity contribution in [2.45, 2.75) is 19.6 Å². The Morgan fingerprint density at radius 3 is 2.47 bits per heavy atom. The first kappa shape index (κ1) is 10.9. The Hall–Kier alpha value is -1.19. The van der Waals surface area contributed by atoms with Crippen LogP contribution in [0.5, 0.6) is 0 Å². The zero-order chi connectivity index (χ0) is 11.7. The van der Waals surface area contributed by atoms with Gasteiger partial charge < -0.3 is 0 Å². The number of pyridine rings is 1. The van der Waals surface area contributed by atoms with Crippen molar-refractivity contribution in [1.29, 1.82) is 0 Å². The van der Waals surface area contributed by atoms with Gasteiger partial charge in [0.1, 0.15) is 0 Å². The summed E-state index contributed by atoms with van der Waals surface area (Å²) in [5.41, 5.74) is 4.16. The van der Waals surface area contributed by atoms with E-state index in [1.165, 1.54) is 16.7 Å². The van der Waals surface area contributed by atoms with E-state index in [1.54, 1.807) is 0 Å². The van der Waals surface area contributed by atoms with E-state index in [9.17, 15) is 0 Å². The van der Waals surface area contributed by atoms with Crippen LogP contribution in [0, 0.1) is 0 Å². The molecule has 1 aromatic heterocycles. The van der Waals surface area contributed by atoms with Crippen molar-refractivity contribution in [3.05, 3.63) is 63.9 Å². The molecule has 0 fully saturated rings. The lowest BCUT2D eigenvalue weighted by Crippen LogP contribution is -2.15. The number of rotatable bonds is 2. The minimum absolute atomic E-state index is 0.959. The molecule has 0 amide bonds. The largest absolute Gasteiger partial charge is 0.291 e. The molecule has 3 heteroatoms. The van der Waals surface area contributed by atoms with Gasteiger partial charge in [-0.3, -0.25) is 9.88 Å². The molecule has 0 unspecified atom stereocenters. The molecular formula is C14H13BrN2. The molecule has 3 rings (SSSR count). The highest BCUT2D eigenvalue weighted by Crippen LogP contribution is 2.24. The number of aromatic nitrogens is 1. The van der Waals surface area contributed by atoms with E-state index >= 15 is 0 Å². The Morgan fingerprint density at radius 1 is 1.12 bits per heavy atom. The van der Waals surface area contributed by atoms with Gasteiger partial charge in [-0.1, -0.05) is 24.3 Å². The Morgan fingerprint density at radius 2 is 1.82 bits per heavy atom. The molecule has 2 aromatic rings. The van der Waals surface area contributed by atoms with Crippen LogP contribution in [0.1, 0.15) is 16.7 Å². The summed E-state index contributed by atoms with van der Waals surface area (Å²) in [7, 11) is 0. The molecule has 86 valence electrons. The maximum atomic E-state index is 4.20. The lowest BCUT2D eigenvalue weighted by atomic mass is 10.1. The second-order valence-corrected chi connectivity index (χ2v) is 5.34. The number of nitrogens with zero attached hydrogens (tertiary/aromatic N) is 2. The molecule has 0 spiro atoms. The molecule has 17 heavy (non-hydrogen) atoms. The lowest BCUT2D eigenvalue weighted by molar-refractivity contribution is 0.275. The Balaban J connectivity index is 1.74. The van der Waals surface area contributed by atoms with E-state index in [4.69, 9.17) is 0 Å². The van der Waals surface area contributed by atoms with E-state index in [-0.39, 0.29) is 0 Å². The van der Waals surface area contributed by atoms with Gasteiger partial charge >= 0.3 is 0 Å². The maximum absolute atomic E-state index is 4.20. The topological polar surface area (TPSA) is 16.1 Å². The second-order valence-electron chi connectivity index (χ2n) is 4.43. The summed E-state index contributed by atoms with van der Waals surface area (Å²) in [5.74, 6) is 0. The highest BCUT2D eigenvalue weighted by molar-refractivity contribution is 9.10. The molecule has 0 saturated heterocycles. The van der Waals surface area contributed by atoms with Gasteiger partial charge in [0.2, 0.25) is 0 Å². The lowest BCUT2D eigenvalue weighted by Gasteiger charge is -2.14. The van der Waals surface area contributed by atoms with Crippen molar-refractivity contribution in [1.82, 2.24) is 9.88 Å². The number of halogens is 1. The third-order valence-corrected chi connectivity index (χ3v) is 3.51. The summed E-state index contributed by atoms with van der Waals surface area (Å²) in [4.78, 5) is 6.64. The zero-order valence-electron chi connectivity index (χ0n) is 9.44. The average molecular weight is 289 g/mol. The van der Waals surface area contributed by atoms with Gasteiger partial charge in [0.05, 0.1) is 0 Å². The summed E-state index contributed by atoms with van der Waals surface area (Å²) in [5, 5.41) is 0. The van der Waals surface area contributed by atoms with Gasteiger partial charge in [-0.2, -0.15) is 0 Å². The number of hydrogen-bond donors (Lipinski definition) is 0. The minimum Gasteiger partial charge on any atom is -0.291 e. The SMILES string of the molecule is Brc1cncc(CN2Cc3ccccc3C2)c1. The van der Waals surface area contributed by atoms with E-state index < -0.39 is 0 Å². The molecule has 0 saturated carbocycles. The summed E-state index contributed by atoms with van der Waals surface area (Å²) in [6.07, 6.45) is 3.76.